The van der Waals surface area contributed by atoms with Gasteiger partial charge in [0.2, 0.25) is 0 Å². The molecule has 1 heterocycles. The number of carbonyl (C=O) groups excluding carboxylic acids is 1. The molecule has 5 nitrogen and oxygen atoms in total. The molecule has 0 atom stereocenters. The Hall–Kier alpha value is -3.73. The van der Waals surface area contributed by atoms with Crippen molar-refractivity contribution in [2.24, 2.45) is 0 Å². The predicted molar refractivity (Wildman–Crippen MR) is 119 cm³/mol. The number of amides is 1. The van der Waals surface area contributed by atoms with Crippen LogP contribution in [-0.2, 0) is 0 Å². The Morgan fingerprint density at radius 1 is 0.833 bits per heavy atom. The highest BCUT2D eigenvalue weighted by molar-refractivity contribution is 6.08. The van der Waals surface area contributed by atoms with Crippen LogP contribution in [0, 0.1) is 13.8 Å². The number of ether oxygens (including phenoxy) is 2. The van der Waals surface area contributed by atoms with Crippen molar-refractivity contribution in [1.29, 1.82) is 0 Å². The lowest BCUT2D eigenvalue weighted by Crippen LogP contribution is -2.12. The molecule has 4 rings (SSSR count). The largest absolute Gasteiger partial charge is 0.496 e. The molecule has 1 N–H and O–H groups in total. The minimum atomic E-state index is -0.309. The summed E-state index contributed by atoms with van der Waals surface area (Å²) in [7, 11) is 3.18. The lowest BCUT2D eigenvalue weighted by atomic mass is 10.1. The van der Waals surface area contributed by atoms with Crippen molar-refractivity contribution in [3.05, 3.63) is 77.6 Å². The summed E-state index contributed by atoms with van der Waals surface area (Å²) >= 11 is 0. The zero-order valence-corrected chi connectivity index (χ0v) is 17.4. The van der Waals surface area contributed by atoms with E-state index >= 15 is 0 Å². The first-order valence-electron chi connectivity index (χ1n) is 9.65. The molecule has 4 aromatic rings. The number of nitrogens with one attached hydrogen (secondary N) is 1. The summed E-state index contributed by atoms with van der Waals surface area (Å²) < 4.78 is 16.9. The molecule has 0 unspecified atom stereocenters. The third kappa shape index (κ3) is 3.39. The van der Waals surface area contributed by atoms with Gasteiger partial charge in [0, 0.05) is 22.9 Å². The van der Waals surface area contributed by atoms with Crippen LogP contribution in [0.4, 0.5) is 5.69 Å². The molecule has 152 valence electrons. The summed E-state index contributed by atoms with van der Waals surface area (Å²) in [6.45, 7) is 3.75. The van der Waals surface area contributed by atoms with Gasteiger partial charge in [0.25, 0.3) is 5.91 Å². The van der Waals surface area contributed by atoms with Crippen molar-refractivity contribution in [3.8, 4) is 22.6 Å². The van der Waals surface area contributed by atoms with E-state index < -0.39 is 0 Å². The normalized spacial score (nSPS) is 10.8. The third-order valence-corrected chi connectivity index (χ3v) is 5.26. The number of hydrogen-bond acceptors (Lipinski definition) is 4. The van der Waals surface area contributed by atoms with Crippen molar-refractivity contribution in [2.45, 2.75) is 13.8 Å². The van der Waals surface area contributed by atoms with Gasteiger partial charge in [-0.2, -0.15) is 0 Å². The Bertz CT molecular complexity index is 1210. The smallest absolute Gasteiger partial charge is 0.291 e. The van der Waals surface area contributed by atoms with Gasteiger partial charge in [-0.3, -0.25) is 4.79 Å². The van der Waals surface area contributed by atoms with E-state index in [0.29, 0.717) is 22.8 Å². The quantitative estimate of drug-likeness (QED) is 0.446. The van der Waals surface area contributed by atoms with Gasteiger partial charge in [-0.25, -0.2) is 0 Å². The average molecular weight is 401 g/mol. The Labute approximate surface area is 175 Å². The molecular weight excluding hydrogens is 378 g/mol. The summed E-state index contributed by atoms with van der Waals surface area (Å²) in [6.07, 6.45) is 0. The number of aryl methyl sites for hydroxylation is 2. The molecule has 0 aliphatic heterocycles. The van der Waals surface area contributed by atoms with Gasteiger partial charge in [-0.15, -0.1) is 0 Å². The topological polar surface area (TPSA) is 60.7 Å². The second-order valence-corrected chi connectivity index (χ2v) is 7.06. The highest BCUT2D eigenvalue weighted by Crippen LogP contribution is 2.40. The van der Waals surface area contributed by atoms with Gasteiger partial charge in [0.15, 0.2) is 5.76 Å². The Morgan fingerprint density at radius 3 is 2.10 bits per heavy atom. The molecule has 1 amide bonds. The molecule has 0 spiro atoms. The number of anilines is 1. The monoisotopic (exact) mass is 401 g/mol. The fourth-order valence-electron chi connectivity index (χ4n) is 3.64. The maximum Gasteiger partial charge on any atom is 0.291 e. The van der Waals surface area contributed by atoms with Crippen LogP contribution < -0.4 is 14.8 Å². The molecule has 5 heteroatoms. The van der Waals surface area contributed by atoms with Crippen molar-refractivity contribution in [2.75, 3.05) is 19.5 Å². The number of methoxy groups -OCH3 is 2. The Morgan fingerprint density at radius 2 is 1.47 bits per heavy atom. The van der Waals surface area contributed by atoms with Gasteiger partial charge in [-0.1, -0.05) is 42.5 Å². The highest BCUT2D eigenvalue weighted by Gasteiger charge is 2.23. The SMILES string of the molecule is COc1cc(OC)c2c(C)c(C(=O)Nc3ccc(-c4ccccc4)cc3)oc2c1C. The first kappa shape index (κ1) is 19.6. The first-order valence-corrected chi connectivity index (χ1v) is 9.65. The molecule has 0 bridgehead atoms. The fourth-order valence-corrected chi connectivity index (χ4v) is 3.64. The number of furan rings is 1. The predicted octanol–water partition coefficient (Wildman–Crippen LogP) is 5.99. The number of rotatable bonds is 5. The summed E-state index contributed by atoms with van der Waals surface area (Å²) in [5.41, 5.74) is 5.05. The van der Waals surface area contributed by atoms with Crippen LogP contribution in [0.15, 0.2) is 65.1 Å². The Kier molecular flexibility index (Phi) is 5.19. The molecule has 1 aromatic heterocycles. The molecule has 0 saturated heterocycles. The van der Waals surface area contributed by atoms with Crippen LogP contribution in [0.3, 0.4) is 0 Å². The van der Waals surface area contributed by atoms with Crippen LogP contribution in [0.5, 0.6) is 11.5 Å². The zero-order valence-electron chi connectivity index (χ0n) is 17.4. The summed E-state index contributed by atoms with van der Waals surface area (Å²) in [6, 6.07) is 19.6. The maximum atomic E-state index is 12.9. The van der Waals surface area contributed by atoms with Gasteiger partial charge < -0.3 is 19.2 Å². The molecular formula is C25H23NO4. The van der Waals surface area contributed by atoms with E-state index in [1.807, 2.05) is 62.4 Å². The average Bonchev–Trinajstić information content (AvgIpc) is 3.13. The third-order valence-electron chi connectivity index (χ3n) is 5.26. The van der Waals surface area contributed by atoms with Crippen molar-refractivity contribution < 1.29 is 18.7 Å². The second-order valence-electron chi connectivity index (χ2n) is 7.06. The van der Waals surface area contributed by atoms with Crippen LogP contribution in [0.25, 0.3) is 22.1 Å². The summed E-state index contributed by atoms with van der Waals surface area (Å²) in [5, 5.41) is 3.70. The van der Waals surface area contributed by atoms with E-state index in [4.69, 9.17) is 13.9 Å². The van der Waals surface area contributed by atoms with Gasteiger partial charge in [0.1, 0.15) is 17.1 Å². The minimum absolute atomic E-state index is 0.256. The van der Waals surface area contributed by atoms with Crippen molar-refractivity contribution >= 4 is 22.6 Å². The molecule has 0 fully saturated rings. The first-order chi connectivity index (χ1) is 14.5. The number of benzene rings is 3. The molecule has 0 saturated carbocycles. The molecule has 0 aliphatic rings. The van der Waals surface area contributed by atoms with Crippen LogP contribution >= 0.6 is 0 Å². The van der Waals surface area contributed by atoms with Gasteiger partial charge >= 0.3 is 0 Å². The molecule has 3 aromatic carbocycles. The second kappa shape index (κ2) is 7.95. The zero-order chi connectivity index (χ0) is 21.3. The van der Waals surface area contributed by atoms with Crippen LogP contribution in [0.1, 0.15) is 21.7 Å². The lowest BCUT2D eigenvalue weighted by Gasteiger charge is -2.09. The van der Waals surface area contributed by atoms with E-state index in [1.54, 1.807) is 14.2 Å². The highest BCUT2D eigenvalue weighted by atomic mass is 16.5. The van der Waals surface area contributed by atoms with E-state index in [1.165, 1.54) is 0 Å². The Balaban J connectivity index is 1.65. The number of fused-ring (bicyclic) bond motifs is 1. The fraction of sp³-hybridized carbons (Fsp3) is 0.160. The summed E-state index contributed by atoms with van der Waals surface area (Å²) in [5.74, 6) is 1.21. The standard InChI is InChI=1S/C25H23NO4/c1-15-20(28-3)14-21(29-4)22-16(2)24(30-23(15)22)25(27)26-19-12-10-18(11-13-19)17-8-6-5-7-9-17/h5-14H,1-4H3,(H,26,27). The molecule has 30 heavy (non-hydrogen) atoms. The minimum Gasteiger partial charge on any atom is -0.496 e. The van der Waals surface area contributed by atoms with E-state index in [9.17, 15) is 4.79 Å². The molecule has 0 radical (unpaired) electrons. The van der Waals surface area contributed by atoms with E-state index in [-0.39, 0.29) is 11.7 Å². The molecule has 0 aliphatic carbocycles. The van der Waals surface area contributed by atoms with Crippen molar-refractivity contribution in [1.82, 2.24) is 0 Å². The van der Waals surface area contributed by atoms with Crippen molar-refractivity contribution in [3.63, 3.8) is 0 Å². The number of carbonyl (C=O) groups is 1. The van der Waals surface area contributed by atoms with Crippen LogP contribution in [0.2, 0.25) is 0 Å². The van der Waals surface area contributed by atoms with E-state index in [2.05, 4.69) is 17.4 Å². The van der Waals surface area contributed by atoms with Crippen LogP contribution in [-0.4, -0.2) is 20.1 Å². The number of hydrogen-bond donors (Lipinski definition) is 1. The summed E-state index contributed by atoms with van der Waals surface area (Å²) in [4.78, 5) is 12.9. The maximum absolute atomic E-state index is 12.9. The van der Waals surface area contributed by atoms with E-state index in [0.717, 1.165) is 27.6 Å². The van der Waals surface area contributed by atoms with Gasteiger partial charge in [0.05, 0.1) is 19.6 Å². The van der Waals surface area contributed by atoms with Gasteiger partial charge in [-0.05, 0) is 37.1 Å². The lowest BCUT2D eigenvalue weighted by molar-refractivity contribution is 0.0998.